The Morgan fingerprint density at radius 1 is 1.17 bits per heavy atom. The summed E-state index contributed by atoms with van der Waals surface area (Å²) < 4.78 is 0. The molecule has 1 N–H and O–H groups in total. The monoisotopic (exact) mass is 330 g/mol. The molecule has 0 aromatic heterocycles. The van der Waals surface area contributed by atoms with Crippen molar-refractivity contribution < 1.29 is 9.59 Å². The second-order valence-electron chi connectivity index (χ2n) is 7.01. The van der Waals surface area contributed by atoms with Crippen molar-refractivity contribution in [1.82, 2.24) is 10.2 Å². The van der Waals surface area contributed by atoms with Gasteiger partial charge in [0.2, 0.25) is 5.91 Å². The molecule has 0 atom stereocenters. The quantitative estimate of drug-likeness (QED) is 0.864. The lowest BCUT2D eigenvalue weighted by atomic mass is 10.0. The molecule has 0 bridgehead atoms. The molecule has 1 saturated heterocycles. The molecule has 0 radical (unpaired) electrons. The van der Waals surface area contributed by atoms with Crippen LogP contribution in [0.2, 0.25) is 0 Å². The Hall–Kier alpha value is -1.84. The number of nitrogens with zero attached hydrogens (tertiary/aromatic N) is 1. The molecule has 1 heterocycles. The Morgan fingerprint density at radius 2 is 1.79 bits per heavy atom. The van der Waals surface area contributed by atoms with Crippen LogP contribution >= 0.6 is 0 Å². The second-order valence-corrected chi connectivity index (χ2v) is 7.01. The summed E-state index contributed by atoms with van der Waals surface area (Å²) >= 11 is 0. The molecule has 2 amide bonds. The largest absolute Gasteiger partial charge is 0.349 e. The molecular formula is C20H30N2O2. The van der Waals surface area contributed by atoms with E-state index in [2.05, 4.69) is 26.1 Å². The van der Waals surface area contributed by atoms with Gasteiger partial charge in [0, 0.05) is 31.1 Å². The van der Waals surface area contributed by atoms with Crippen molar-refractivity contribution in [1.29, 1.82) is 0 Å². The van der Waals surface area contributed by atoms with Gasteiger partial charge in [-0.1, -0.05) is 39.3 Å². The fourth-order valence-electron chi connectivity index (χ4n) is 3.05. The smallest absolute Gasteiger partial charge is 0.251 e. The summed E-state index contributed by atoms with van der Waals surface area (Å²) in [5.74, 6) is 0.712. The van der Waals surface area contributed by atoms with Crippen LogP contribution in [0.4, 0.5) is 0 Å². The number of likely N-dealkylation sites (tertiary alicyclic amines) is 1. The maximum Gasteiger partial charge on any atom is 0.251 e. The Morgan fingerprint density at radius 3 is 2.33 bits per heavy atom. The van der Waals surface area contributed by atoms with Crippen molar-refractivity contribution in [3.8, 4) is 0 Å². The molecule has 1 aromatic carbocycles. The van der Waals surface area contributed by atoms with E-state index in [1.165, 1.54) is 5.56 Å². The molecule has 1 aliphatic heterocycles. The molecule has 1 fully saturated rings. The lowest BCUT2D eigenvalue weighted by Crippen LogP contribution is -2.46. The average Bonchev–Trinajstić information content (AvgIpc) is 2.60. The van der Waals surface area contributed by atoms with E-state index in [-0.39, 0.29) is 17.9 Å². The molecule has 132 valence electrons. The molecule has 1 aliphatic rings. The SMILES string of the molecule is CCCCC(=O)N1CCC(NC(=O)c2ccc(C(C)C)cc2)CC1. The Kier molecular flexibility index (Phi) is 6.83. The highest BCUT2D eigenvalue weighted by Crippen LogP contribution is 2.16. The van der Waals surface area contributed by atoms with Crippen LogP contribution in [0.1, 0.15) is 74.7 Å². The van der Waals surface area contributed by atoms with Gasteiger partial charge in [0.15, 0.2) is 0 Å². The van der Waals surface area contributed by atoms with E-state index in [1.807, 2.05) is 29.2 Å². The molecule has 1 aromatic rings. The van der Waals surface area contributed by atoms with E-state index < -0.39 is 0 Å². The lowest BCUT2D eigenvalue weighted by molar-refractivity contribution is -0.132. The van der Waals surface area contributed by atoms with Crippen LogP contribution in [0.25, 0.3) is 0 Å². The van der Waals surface area contributed by atoms with E-state index >= 15 is 0 Å². The molecule has 0 spiro atoms. The first-order chi connectivity index (χ1) is 11.5. The first kappa shape index (κ1) is 18.5. The molecule has 0 saturated carbocycles. The number of piperidine rings is 1. The highest BCUT2D eigenvalue weighted by atomic mass is 16.2. The minimum absolute atomic E-state index is 0.0129. The van der Waals surface area contributed by atoms with Gasteiger partial charge in [-0.2, -0.15) is 0 Å². The standard InChI is InChI=1S/C20H30N2O2/c1-4-5-6-19(23)22-13-11-18(12-14-22)21-20(24)17-9-7-16(8-10-17)15(2)3/h7-10,15,18H,4-6,11-14H2,1-3H3,(H,21,24). The van der Waals surface area contributed by atoms with Crippen molar-refractivity contribution in [3.05, 3.63) is 35.4 Å². The van der Waals surface area contributed by atoms with Crippen molar-refractivity contribution >= 4 is 11.8 Å². The zero-order valence-corrected chi connectivity index (χ0v) is 15.2. The molecule has 0 aliphatic carbocycles. The summed E-state index contributed by atoms with van der Waals surface area (Å²) in [6, 6.07) is 8.00. The predicted octanol–water partition coefficient (Wildman–Crippen LogP) is 3.72. The van der Waals surface area contributed by atoms with Crippen LogP contribution in [0.5, 0.6) is 0 Å². The zero-order valence-electron chi connectivity index (χ0n) is 15.2. The third kappa shape index (κ3) is 5.08. The number of unbranched alkanes of at least 4 members (excludes halogenated alkanes) is 1. The second kappa shape index (κ2) is 8.86. The molecular weight excluding hydrogens is 300 g/mol. The third-order valence-corrected chi connectivity index (χ3v) is 4.77. The number of hydrogen-bond acceptors (Lipinski definition) is 2. The molecule has 2 rings (SSSR count). The third-order valence-electron chi connectivity index (χ3n) is 4.77. The van der Waals surface area contributed by atoms with E-state index in [4.69, 9.17) is 0 Å². The zero-order chi connectivity index (χ0) is 17.5. The van der Waals surface area contributed by atoms with Crippen molar-refractivity contribution in [3.63, 3.8) is 0 Å². The fourth-order valence-corrected chi connectivity index (χ4v) is 3.05. The number of carbonyl (C=O) groups excluding carboxylic acids is 2. The number of nitrogens with one attached hydrogen (secondary N) is 1. The van der Waals surface area contributed by atoms with Crippen molar-refractivity contribution in [2.75, 3.05) is 13.1 Å². The average molecular weight is 330 g/mol. The summed E-state index contributed by atoms with van der Waals surface area (Å²) in [6.07, 6.45) is 4.34. The number of amides is 2. The molecule has 0 unspecified atom stereocenters. The van der Waals surface area contributed by atoms with E-state index in [0.29, 0.717) is 17.9 Å². The van der Waals surface area contributed by atoms with Gasteiger partial charge in [-0.25, -0.2) is 0 Å². The van der Waals surface area contributed by atoms with Crippen LogP contribution in [-0.4, -0.2) is 35.8 Å². The van der Waals surface area contributed by atoms with Gasteiger partial charge in [-0.3, -0.25) is 9.59 Å². The Labute approximate surface area is 145 Å². The van der Waals surface area contributed by atoms with E-state index in [9.17, 15) is 9.59 Å². The predicted molar refractivity (Wildman–Crippen MR) is 97.1 cm³/mol. The van der Waals surface area contributed by atoms with Crippen LogP contribution in [0.3, 0.4) is 0 Å². The maximum atomic E-state index is 12.4. The van der Waals surface area contributed by atoms with Crippen LogP contribution in [-0.2, 0) is 4.79 Å². The summed E-state index contributed by atoms with van der Waals surface area (Å²) in [6.45, 7) is 7.89. The first-order valence-electron chi connectivity index (χ1n) is 9.19. The minimum Gasteiger partial charge on any atom is -0.349 e. The van der Waals surface area contributed by atoms with Gasteiger partial charge in [0.05, 0.1) is 0 Å². The summed E-state index contributed by atoms with van der Waals surface area (Å²) in [4.78, 5) is 26.3. The molecule has 24 heavy (non-hydrogen) atoms. The van der Waals surface area contributed by atoms with Crippen LogP contribution < -0.4 is 5.32 Å². The van der Waals surface area contributed by atoms with Crippen molar-refractivity contribution in [2.24, 2.45) is 0 Å². The van der Waals surface area contributed by atoms with Crippen LogP contribution in [0.15, 0.2) is 24.3 Å². The lowest BCUT2D eigenvalue weighted by Gasteiger charge is -2.32. The maximum absolute atomic E-state index is 12.4. The number of benzene rings is 1. The summed E-state index contributed by atoms with van der Waals surface area (Å²) in [5.41, 5.74) is 1.95. The van der Waals surface area contributed by atoms with Crippen molar-refractivity contribution in [2.45, 2.75) is 64.8 Å². The number of hydrogen-bond donors (Lipinski definition) is 1. The first-order valence-corrected chi connectivity index (χ1v) is 9.19. The van der Waals surface area contributed by atoms with Gasteiger partial charge >= 0.3 is 0 Å². The van der Waals surface area contributed by atoms with Gasteiger partial charge in [-0.15, -0.1) is 0 Å². The Bertz CT molecular complexity index is 543. The Balaban J connectivity index is 1.80. The van der Waals surface area contributed by atoms with Crippen LogP contribution in [0, 0.1) is 0 Å². The van der Waals surface area contributed by atoms with Gasteiger partial charge in [0.25, 0.3) is 5.91 Å². The van der Waals surface area contributed by atoms with Gasteiger partial charge < -0.3 is 10.2 Å². The fraction of sp³-hybridized carbons (Fsp3) is 0.600. The highest BCUT2D eigenvalue weighted by Gasteiger charge is 2.23. The van der Waals surface area contributed by atoms with Gasteiger partial charge in [0.1, 0.15) is 0 Å². The minimum atomic E-state index is -0.0129. The number of rotatable bonds is 6. The van der Waals surface area contributed by atoms with E-state index in [1.54, 1.807) is 0 Å². The summed E-state index contributed by atoms with van der Waals surface area (Å²) in [7, 11) is 0. The van der Waals surface area contributed by atoms with E-state index in [0.717, 1.165) is 38.8 Å². The molecule has 4 nitrogen and oxygen atoms in total. The molecule has 4 heteroatoms. The normalized spacial score (nSPS) is 15.6. The highest BCUT2D eigenvalue weighted by molar-refractivity contribution is 5.94. The van der Waals surface area contributed by atoms with Gasteiger partial charge in [-0.05, 0) is 42.9 Å². The number of carbonyl (C=O) groups is 2. The topological polar surface area (TPSA) is 49.4 Å². The summed E-state index contributed by atoms with van der Waals surface area (Å²) in [5, 5.41) is 3.11.